The van der Waals surface area contributed by atoms with Gasteiger partial charge < -0.3 is 15.4 Å². The first-order valence-corrected chi connectivity index (χ1v) is 7.90. The number of hydrogen-bond acceptors (Lipinski definition) is 3. The Bertz CT molecular complexity index is 584. The van der Waals surface area contributed by atoms with Gasteiger partial charge in [0, 0.05) is 11.6 Å². The van der Waals surface area contributed by atoms with E-state index in [0.29, 0.717) is 11.6 Å². The first-order chi connectivity index (χ1) is 10.5. The summed E-state index contributed by atoms with van der Waals surface area (Å²) in [7, 11) is 0. The summed E-state index contributed by atoms with van der Waals surface area (Å²) in [5, 5.41) is 0.649. The highest BCUT2D eigenvalue weighted by Crippen LogP contribution is 2.49. The van der Waals surface area contributed by atoms with E-state index < -0.39 is 11.4 Å². The van der Waals surface area contributed by atoms with Gasteiger partial charge in [0.2, 0.25) is 0 Å². The minimum Gasteiger partial charge on any atom is -0.463 e. The summed E-state index contributed by atoms with van der Waals surface area (Å²) < 4.78 is 5.50. The second-order valence-electron chi connectivity index (χ2n) is 6.02. The Hall–Kier alpha value is -1.75. The van der Waals surface area contributed by atoms with Gasteiger partial charge in [-0.15, -0.1) is 0 Å². The number of hydrogen-bond donors (Lipinski definition) is 1. The van der Waals surface area contributed by atoms with E-state index >= 15 is 0 Å². The van der Waals surface area contributed by atoms with Gasteiger partial charge in [0.05, 0.1) is 11.5 Å². The zero-order valence-corrected chi connectivity index (χ0v) is 13.0. The van der Waals surface area contributed by atoms with E-state index in [9.17, 15) is 9.59 Å². The molecule has 1 aromatic rings. The Morgan fingerprint density at radius 3 is 2.59 bits per heavy atom. The van der Waals surface area contributed by atoms with Crippen LogP contribution in [0.5, 0.6) is 0 Å². The van der Waals surface area contributed by atoms with E-state index in [1.165, 1.54) is 0 Å². The highest BCUT2D eigenvalue weighted by Gasteiger charge is 2.53. The molecule has 1 heterocycles. The van der Waals surface area contributed by atoms with E-state index in [0.717, 1.165) is 31.2 Å². The molecule has 2 aliphatic rings. The molecule has 2 amide bonds. The van der Waals surface area contributed by atoms with E-state index in [-0.39, 0.29) is 18.6 Å². The van der Waals surface area contributed by atoms with Crippen molar-refractivity contribution in [3.8, 4) is 0 Å². The summed E-state index contributed by atoms with van der Waals surface area (Å²) in [6, 6.07) is 6.79. The topological polar surface area (TPSA) is 72.6 Å². The van der Waals surface area contributed by atoms with Gasteiger partial charge in [-0.1, -0.05) is 23.7 Å². The van der Waals surface area contributed by atoms with Crippen LogP contribution in [0.4, 0.5) is 4.79 Å². The second kappa shape index (κ2) is 5.80. The van der Waals surface area contributed by atoms with Gasteiger partial charge in [-0.25, -0.2) is 4.79 Å². The van der Waals surface area contributed by atoms with Gasteiger partial charge in [0.1, 0.15) is 6.61 Å². The summed E-state index contributed by atoms with van der Waals surface area (Å²) in [6.45, 7) is 0.858. The fraction of sp³-hybridized carbons (Fsp3) is 0.500. The Morgan fingerprint density at radius 1 is 1.32 bits per heavy atom. The number of halogens is 1. The quantitative estimate of drug-likeness (QED) is 0.865. The minimum absolute atomic E-state index is 0.0949. The van der Waals surface area contributed by atoms with E-state index in [2.05, 4.69) is 0 Å². The van der Waals surface area contributed by atoms with Crippen LogP contribution in [0.1, 0.15) is 31.2 Å². The number of urea groups is 1. The lowest BCUT2D eigenvalue weighted by atomic mass is 9.96. The maximum Gasteiger partial charge on any atom is 0.316 e. The molecule has 1 saturated carbocycles. The number of ether oxygens (including phenoxy) is 1. The fourth-order valence-electron chi connectivity index (χ4n) is 3.11. The van der Waals surface area contributed by atoms with Crippen LogP contribution < -0.4 is 5.73 Å². The van der Waals surface area contributed by atoms with Crippen molar-refractivity contribution in [3.63, 3.8) is 0 Å². The molecule has 1 aliphatic heterocycles. The van der Waals surface area contributed by atoms with Crippen LogP contribution >= 0.6 is 11.6 Å². The Labute approximate surface area is 134 Å². The molecule has 118 valence electrons. The SMILES string of the molecule is NC(=O)N1CCC[C@@H]1COC(=O)C1(c2ccc(Cl)cc2)CC1. The predicted octanol–water partition coefficient (Wildman–Crippen LogP) is 2.46. The van der Waals surface area contributed by atoms with Crippen LogP contribution in [-0.4, -0.2) is 36.1 Å². The molecule has 6 heteroatoms. The van der Waals surface area contributed by atoms with Crippen molar-refractivity contribution in [2.75, 3.05) is 13.2 Å². The van der Waals surface area contributed by atoms with Crippen LogP contribution in [0.25, 0.3) is 0 Å². The average Bonchev–Trinajstić information content (AvgIpc) is 3.17. The van der Waals surface area contributed by atoms with Gasteiger partial charge in [-0.3, -0.25) is 4.79 Å². The first-order valence-electron chi connectivity index (χ1n) is 7.52. The largest absolute Gasteiger partial charge is 0.463 e. The van der Waals surface area contributed by atoms with Gasteiger partial charge in [-0.05, 0) is 43.4 Å². The number of esters is 1. The molecule has 2 fully saturated rings. The van der Waals surface area contributed by atoms with Crippen LogP contribution in [0, 0.1) is 0 Å². The number of rotatable bonds is 4. The molecular weight excluding hydrogens is 304 g/mol. The van der Waals surface area contributed by atoms with Crippen molar-refractivity contribution in [2.24, 2.45) is 5.73 Å². The molecule has 0 bridgehead atoms. The number of carbonyl (C=O) groups excluding carboxylic acids is 2. The van der Waals surface area contributed by atoms with Gasteiger partial charge >= 0.3 is 12.0 Å². The molecule has 22 heavy (non-hydrogen) atoms. The van der Waals surface area contributed by atoms with E-state index in [1.54, 1.807) is 17.0 Å². The monoisotopic (exact) mass is 322 g/mol. The average molecular weight is 323 g/mol. The Balaban J connectivity index is 1.62. The number of primary amides is 1. The number of nitrogens with zero attached hydrogens (tertiary/aromatic N) is 1. The number of amides is 2. The van der Waals surface area contributed by atoms with Crippen LogP contribution in [0.3, 0.4) is 0 Å². The number of likely N-dealkylation sites (tertiary alicyclic amines) is 1. The molecular formula is C16H19ClN2O3. The zero-order valence-electron chi connectivity index (χ0n) is 12.3. The van der Waals surface area contributed by atoms with Crippen molar-refractivity contribution in [1.29, 1.82) is 0 Å². The van der Waals surface area contributed by atoms with Gasteiger partial charge in [0.25, 0.3) is 0 Å². The molecule has 2 N–H and O–H groups in total. The molecule has 3 rings (SSSR count). The minimum atomic E-state index is -0.527. The third kappa shape index (κ3) is 2.77. The third-order valence-corrected chi connectivity index (χ3v) is 4.86. The lowest BCUT2D eigenvalue weighted by molar-refractivity contribution is -0.148. The number of nitrogens with two attached hydrogens (primary N) is 1. The third-order valence-electron chi connectivity index (χ3n) is 4.60. The van der Waals surface area contributed by atoms with Crippen LogP contribution in [-0.2, 0) is 14.9 Å². The summed E-state index contributed by atoms with van der Waals surface area (Å²) in [5.41, 5.74) is 5.75. The van der Waals surface area contributed by atoms with Gasteiger partial charge in [-0.2, -0.15) is 0 Å². The molecule has 5 nitrogen and oxygen atoms in total. The van der Waals surface area contributed by atoms with Crippen molar-refractivity contribution in [1.82, 2.24) is 4.90 Å². The second-order valence-corrected chi connectivity index (χ2v) is 6.45. The molecule has 0 radical (unpaired) electrons. The molecule has 1 aromatic carbocycles. The summed E-state index contributed by atoms with van der Waals surface area (Å²) >= 11 is 5.89. The van der Waals surface area contributed by atoms with Crippen molar-refractivity contribution < 1.29 is 14.3 Å². The summed E-state index contributed by atoms with van der Waals surface area (Å²) in [5.74, 6) is -0.217. The van der Waals surface area contributed by atoms with Crippen LogP contribution in [0.15, 0.2) is 24.3 Å². The zero-order chi connectivity index (χ0) is 15.7. The molecule has 0 unspecified atom stereocenters. The standard InChI is InChI=1S/C16H19ClN2O3/c17-12-5-3-11(4-6-12)16(7-8-16)14(20)22-10-13-2-1-9-19(13)15(18)21/h3-6,13H,1-2,7-10H2,(H2,18,21)/t13-/m1/s1. The predicted molar refractivity (Wildman–Crippen MR) is 82.6 cm³/mol. The normalized spacial score (nSPS) is 22.4. The first kappa shape index (κ1) is 15.2. The fourth-order valence-corrected chi connectivity index (χ4v) is 3.24. The summed E-state index contributed by atoms with van der Waals surface area (Å²) in [6.07, 6.45) is 3.30. The Morgan fingerprint density at radius 2 is 2.00 bits per heavy atom. The van der Waals surface area contributed by atoms with Crippen molar-refractivity contribution >= 4 is 23.6 Å². The lowest BCUT2D eigenvalue weighted by Crippen LogP contribution is -2.42. The van der Waals surface area contributed by atoms with Crippen molar-refractivity contribution in [2.45, 2.75) is 37.1 Å². The molecule has 0 aromatic heterocycles. The van der Waals surface area contributed by atoms with E-state index in [1.807, 2.05) is 12.1 Å². The molecule has 0 spiro atoms. The van der Waals surface area contributed by atoms with Crippen LogP contribution in [0.2, 0.25) is 5.02 Å². The molecule has 1 atom stereocenters. The highest BCUT2D eigenvalue weighted by molar-refractivity contribution is 6.30. The van der Waals surface area contributed by atoms with E-state index in [4.69, 9.17) is 22.1 Å². The number of carbonyl (C=O) groups is 2. The van der Waals surface area contributed by atoms with Crippen molar-refractivity contribution in [3.05, 3.63) is 34.9 Å². The Kier molecular flexibility index (Phi) is 4.00. The summed E-state index contributed by atoms with van der Waals surface area (Å²) in [4.78, 5) is 25.3. The maximum atomic E-state index is 12.5. The van der Waals surface area contributed by atoms with Gasteiger partial charge in [0.15, 0.2) is 0 Å². The maximum absolute atomic E-state index is 12.5. The molecule has 1 aliphatic carbocycles. The lowest BCUT2D eigenvalue weighted by Gasteiger charge is -2.23. The smallest absolute Gasteiger partial charge is 0.316 e. The number of benzene rings is 1. The molecule has 1 saturated heterocycles. The highest BCUT2D eigenvalue weighted by atomic mass is 35.5.